The molecule has 1 aromatic carbocycles. The summed E-state index contributed by atoms with van der Waals surface area (Å²) < 4.78 is 5.67. The van der Waals surface area contributed by atoms with Gasteiger partial charge in [0.15, 0.2) is 5.82 Å². The van der Waals surface area contributed by atoms with Crippen molar-refractivity contribution in [3.63, 3.8) is 0 Å². The first-order valence-electron chi connectivity index (χ1n) is 11.5. The first-order valence-corrected chi connectivity index (χ1v) is 12.8. The second-order valence-electron chi connectivity index (χ2n) is 7.45. The lowest BCUT2D eigenvalue weighted by Crippen LogP contribution is -2.37. The van der Waals surface area contributed by atoms with Gasteiger partial charge in [-0.3, -0.25) is 4.79 Å². The van der Waals surface area contributed by atoms with Crippen molar-refractivity contribution in [1.29, 1.82) is 0 Å². The minimum Gasteiger partial charge on any atom is -0.396 e. The highest BCUT2D eigenvalue weighted by molar-refractivity contribution is 7.99. The molecular formula is C24H37N5O3S. The number of nitrogens with zero attached hydrogens (tertiary/aromatic N) is 3. The highest BCUT2D eigenvalue weighted by Crippen LogP contribution is 2.55. The Balaban J connectivity index is 0.000000714. The van der Waals surface area contributed by atoms with Crippen LogP contribution >= 0.6 is 11.8 Å². The summed E-state index contributed by atoms with van der Waals surface area (Å²) in [6, 6.07) is 10.4. The van der Waals surface area contributed by atoms with Crippen LogP contribution in [0.1, 0.15) is 38.8 Å². The number of benzene rings is 1. The van der Waals surface area contributed by atoms with Gasteiger partial charge in [-0.15, -0.1) is 0 Å². The second kappa shape index (κ2) is 14.0. The third-order valence-corrected chi connectivity index (χ3v) is 6.82. The van der Waals surface area contributed by atoms with Gasteiger partial charge in [0.1, 0.15) is 5.82 Å². The lowest BCUT2D eigenvalue weighted by Gasteiger charge is -2.29. The van der Waals surface area contributed by atoms with Crippen LogP contribution in [0, 0.1) is 0 Å². The molecule has 4 N–H and O–H groups in total. The van der Waals surface area contributed by atoms with Gasteiger partial charge in [-0.2, -0.15) is 11.8 Å². The Morgan fingerprint density at radius 1 is 1.21 bits per heavy atom. The van der Waals surface area contributed by atoms with Crippen molar-refractivity contribution >= 4 is 29.7 Å². The predicted octanol–water partition coefficient (Wildman–Crippen LogP) is 3.25. The molecule has 0 spiro atoms. The average Bonchev–Trinajstić information content (AvgIpc) is 3.68. The van der Waals surface area contributed by atoms with E-state index in [1.807, 2.05) is 25.6 Å². The van der Waals surface area contributed by atoms with Crippen molar-refractivity contribution in [2.75, 3.05) is 55.9 Å². The first-order chi connectivity index (χ1) is 16.2. The standard InChI is InChI=1S/C21H28N4O2S.C2H6.CH3NO/c1-28-21(7-8-21)18-15-19(25-10-13-27-14-11-25)24-20(23-18)16-3-5-17(6-4-16)22-9-2-12-26;1-2;2-1-3/h3-6,15,22,26H,2,7-14H2,1H3;1-2H3;1H,(H2,2,3). The van der Waals surface area contributed by atoms with Crippen LogP contribution in [0.2, 0.25) is 0 Å². The Hall–Kier alpha value is -2.36. The van der Waals surface area contributed by atoms with Gasteiger partial charge < -0.3 is 25.8 Å². The summed E-state index contributed by atoms with van der Waals surface area (Å²) in [5.41, 5.74) is 7.39. The Morgan fingerprint density at radius 2 is 1.85 bits per heavy atom. The topological polar surface area (TPSA) is 114 Å². The maximum atomic E-state index is 8.92. The van der Waals surface area contributed by atoms with Crippen molar-refractivity contribution in [1.82, 2.24) is 9.97 Å². The number of rotatable bonds is 8. The van der Waals surface area contributed by atoms with E-state index in [4.69, 9.17) is 24.6 Å². The van der Waals surface area contributed by atoms with Gasteiger partial charge in [0.25, 0.3) is 0 Å². The number of carbonyl (C=O) groups excluding carboxylic acids is 1. The normalized spacial score (nSPS) is 15.9. The molecular weight excluding hydrogens is 438 g/mol. The van der Waals surface area contributed by atoms with E-state index in [9.17, 15) is 0 Å². The molecule has 33 heavy (non-hydrogen) atoms. The molecule has 182 valence electrons. The van der Waals surface area contributed by atoms with E-state index in [0.29, 0.717) is 0 Å². The molecule has 1 aliphatic heterocycles. The van der Waals surface area contributed by atoms with Crippen molar-refractivity contribution in [3.8, 4) is 11.4 Å². The average molecular weight is 476 g/mol. The number of hydrogen-bond acceptors (Lipinski definition) is 8. The van der Waals surface area contributed by atoms with Crippen molar-refractivity contribution < 1.29 is 14.6 Å². The van der Waals surface area contributed by atoms with E-state index in [1.54, 1.807) is 0 Å². The second-order valence-corrected chi connectivity index (χ2v) is 8.64. The number of primary amides is 1. The molecule has 2 fully saturated rings. The molecule has 0 radical (unpaired) electrons. The summed E-state index contributed by atoms with van der Waals surface area (Å²) in [5.74, 6) is 1.80. The number of amides is 1. The summed E-state index contributed by atoms with van der Waals surface area (Å²) in [6.45, 7) is 8.20. The molecule has 0 unspecified atom stereocenters. The summed E-state index contributed by atoms with van der Waals surface area (Å²) in [5, 5.41) is 12.2. The third-order valence-electron chi connectivity index (χ3n) is 5.42. The Kier molecular flexibility index (Phi) is 11.4. The summed E-state index contributed by atoms with van der Waals surface area (Å²) in [7, 11) is 0. The highest BCUT2D eigenvalue weighted by Gasteiger charge is 2.45. The van der Waals surface area contributed by atoms with Crippen molar-refractivity contribution in [2.24, 2.45) is 5.73 Å². The molecule has 4 rings (SSSR count). The zero-order valence-corrected chi connectivity index (χ0v) is 20.7. The predicted molar refractivity (Wildman–Crippen MR) is 137 cm³/mol. The fourth-order valence-electron chi connectivity index (χ4n) is 3.48. The molecule has 2 aliphatic rings. The van der Waals surface area contributed by atoms with E-state index >= 15 is 0 Å². The number of carbonyl (C=O) groups is 1. The third kappa shape index (κ3) is 7.58. The molecule has 9 heteroatoms. The molecule has 1 aliphatic carbocycles. The van der Waals surface area contributed by atoms with E-state index in [-0.39, 0.29) is 17.8 Å². The first kappa shape index (κ1) is 26.9. The van der Waals surface area contributed by atoms with Crippen LogP contribution in [-0.2, 0) is 14.3 Å². The number of nitrogens with one attached hydrogen (secondary N) is 1. The summed E-state index contributed by atoms with van der Waals surface area (Å²) in [6.07, 6.45) is 5.53. The number of ether oxygens (including phenoxy) is 1. The van der Waals surface area contributed by atoms with Crippen LogP contribution in [0.5, 0.6) is 0 Å². The zero-order chi connectivity index (χ0) is 24.1. The van der Waals surface area contributed by atoms with Crippen molar-refractivity contribution in [2.45, 2.75) is 37.9 Å². The fraction of sp³-hybridized carbons (Fsp3) is 0.542. The molecule has 1 aromatic heterocycles. The van der Waals surface area contributed by atoms with Gasteiger partial charge in [-0.25, -0.2) is 9.97 Å². The lowest BCUT2D eigenvalue weighted by atomic mass is 10.1. The number of morpholine rings is 1. The van der Waals surface area contributed by atoms with Crippen LogP contribution in [0.15, 0.2) is 30.3 Å². The molecule has 2 aromatic rings. The summed E-state index contributed by atoms with van der Waals surface area (Å²) in [4.78, 5) is 20.8. The van der Waals surface area contributed by atoms with Gasteiger partial charge >= 0.3 is 0 Å². The monoisotopic (exact) mass is 475 g/mol. The molecule has 8 nitrogen and oxygen atoms in total. The Labute approximate surface area is 201 Å². The number of anilines is 2. The molecule has 1 saturated heterocycles. The Morgan fingerprint density at radius 3 is 2.39 bits per heavy atom. The minimum atomic E-state index is 0.157. The van der Waals surface area contributed by atoms with E-state index in [0.717, 1.165) is 67.9 Å². The molecule has 0 bridgehead atoms. The number of aromatic nitrogens is 2. The lowest BCUT2D eigenvalue weighted by molar-refractivity contribution is -0.106. The number of aliphatic hydroxyl groups excluding tert-OH is 1. The minimum absolute atomic E-state index is 0.157. The van der Waals surface area contributed by atoms with Gasteiger partial charge in [0.05, 0.1) is 23.7 Å². The number of thioether (sulfide) groups is 1. The van der Waals surface area contributed by atoms with Crippen molar-refractivity contribution in [3.05, 3.63) is 36.0 Å². The summed E-state index contributed by atoms with van der Waals surface area (Å²) >= 11 is 1.90. The smallest absolute Gasteiger partial charge is 0.204 e. The molecule has 1 saturated carbocycles. The van der Waals surface area contributed by atoms with Crippen LogP contribution < -0.4 is 16.0 Å². The Bertz CT molecular complexity index is 840. The number of hydrogen-bond donors (Lipinski definition) is 3. The van der Waals surface area contributed by atoms with Crippen LogP contribution in [0.4, 0.5) is 11.5 Å². The van der Waals surface area contributed by atoms with E-state index < -0.39 is 0 Å². The van der Waals surface area contributed by atoms with Gasteiger partial charge in [-0.05, 0) is 49.8 Å². The fourth-order valence-corrected chi connectivity index (χ4v) is 4.30. The van der Waals surface area contributed by atoms with Gasteiger partial charge in [0.2, 0.25) is 6.41 Å². The number of aliphatic hydroxyl groups is 1. The molecule has 2 heterocycles. The quantitative estimate of drug-likeness (QED) is 0.394. The highest BCUT2D eigenvalue weighted by atomic mass is 32.2. The molecule has 1 amide bonds. The maximum absolute atomic E-state index is 8.92. The number of nitrogens with two attached hydrogens (primary N) is 1. The van der Waals surface area contributed by atoms with E-state index in [1.165, 1.54) is 12.8 Å². The van der Waals surface area contributed by atoms with Crippen LogP contribution in [0.25, 0.3) is 11.4 Å². The molecule has 0 atom stereocenters. The largest absolute Gasteiger partial charge is 0.396 e. The van der Waals surface area contributed by atoms with E-state index in [2.05, 4.69) is 52.5 Å². The maximum Gasteiger partial charge on any atom is 0.204 e. The van der Waals surface area contributed by atoms with Crippen LogP contribution in [-0.4, -0.2) is 67.2 Å². The zero-order valence-electron chi connectivity index (χ0n) is 19.9. The van der Waals surface area contributed by atoms with Gasteiger partial charge in [-0.1, -0.05) is 13.8 Å². The van der Waals surface area contributed by atoms with Gasteiger partial charge in [0, 0.05) is 43.6 Å². The SMILES string of the molecule is CC.CSC1(c2cc(N3CCOCC3)nc(-c3ccc(NCCCO)cc3)n2)CC1.NC=O. The van der Waals surface area contributed by atoms with Crippen LogP contribution in [0.3, 0.4) is 0 Å².